The highest BCUT2D eigenvalue weighted by Gasteiger charge is 2.12. The number of nitrogens with one attached hydrogen (secondary N) is 1. The first-order chi connectivity index (χ1) is 7.58. The maximum Gasteiger partial charge on any atom is 0.120 e. The second-order valence-electron chi connectivity index (χ2n) is 4.05. The molecule has 0 radical (unpaired) electrons. The van der Waals surface area contributed by atoms with Crippen molar-refractivity contribution in [3.8, 4) is 5.75 Å². The van der Waals surface area contributed by atoms with Gasteiger partial charge in [-0.1, -0.05) is 6.07 Å². The van der Waals surface area contributed by atoms with E-state index >= 15 is 0 Å². The Hall–Kier alpha value is -1.22. The molecule has 1 aromatic rings. The molecule has 0 saturated heterocycles. The molecule has 0 amide bonds. The maximum atomic E-state index is 5.29. The zero-order valence-corrected chi connectivity index (χ0v) is 10.7. The molecule has 0 aliphatic rings. The van der Waals surface area contributed by atoms with Crippen molar-refractivity contribution in [3.05, 3.63) is 23.8 Å². The third-order valence-corrected chi connectivity index (χ3v) is 2.90. The Balaban J connectivity index is 2.79. The maximum absolute atomic E-state index is 5.29. The van der Waals surface area contributed by atoms with Crippen molar-refractivity contribution in [2.45, 2.75) is 32.9 Å². The fraction of sp³-hybridized carbons (Fsp3) is 0.538. The van der Waals surface area contributed by atoms with E-state index in [4.69, 9.17) is 9.47 Å². The van der Waals surface area contributed by atoms with Crippen LogP contribution in [0.5, 0.6) is 5.75 Å². The monoisotopic (exact) mass is 223 g/mol. The lowest BCUT2D eigenvalue weighted by Crippen LogP contribution is -2.29. The first kappa shape index (κ1) is 12.8. The molecule has 1 rings (SSSR count). The number of hydrogen-bond acceptors (Lipinski definition) is 3. The van der Waals surface area contributed by atoms with Crippen molar-refractivity contribution < 1.29 is 9.47 Å². The largest absolute Gasteiger partial charge is 0.497 e. The molecule has 0 saturated carbocycles. The number of ether oxygens (including phenoxy) is 2. The number of benzene rings is 1. The fourth-order valence-corrected chi connectivity index (χ4v) is 1.45. The third-order valence-electron chi connectivity index (χ3n) is 2.90. The summed E-state index contributed by atoms with van der Waals surface area (Å²) in [6.07, 6.45) is 0.172. The first-order valence-corrected chi connectivity index (χ1v) is 5.52. The van der Waals surface area contributed by atoms with Gasteiger partial charge in [0.2, 0.25) is 0 Å². The molecule has 0 bridgehead atoms. The number of aryl methyl sites for hydroxylation is 1. The molecule has 0 aliphatic heterocycles. The van der Waals surface area contributed by atoms with Crippen LogP contribution in [0.1, 0.15) is 19.4 Å². The van der Waals surface area contributed by atoms with E-state index in [0.29, 0.717) is 0 Å². The molecule has 0 aliphatic carbocycles. The molecular formula is C13H21NO2. The molecule has 2 atom stereocenters. The summed E-state index contributed by atoms with van der Waals surface area (Å²) in [6.45, 7) is 6.23. The number of methoxy groups -OCH3 is 2. The van der Waals surface area contributed by atoms with Gasteiger partial charge in [-0.25, -0.2) is 0 Å². The Morgan fingerprint density at radius 2 is 1.88 bits per heavy atom. The van der Waals surface area contributed by atoms with Crippen molar-refractivity contribution in [2.24, 2.45) is 0 Å². The van der Waals surface area contributed by atoms with Crippen LogP contribution < -0.4 is 10.1 Å². The minimum Gasteiger partial charge on any atom is -0.497 e. The van der Waals surface area contributed by atoms with Crippen molar-refractivity contribution in [3.63, 3.8) is 0 Å². The van der Waals surface area contributed by atoms with E-state index in [9.17, 15) is 0 Å². The SMILES string of the molecule is COc1ccc(C)c(NC(C)C(C)OC)c1. The van der Waals surface area contributed by atoms with Crippen LogP contribution in [-0.4, -0.2) is 26.4 Å². The molecule has 0 aromatic heterocycles. The van der Waals surface area contributed by atoms with E-state index in [2.05, 4.69) is 19.2 Å². The van der Waals surface area contributed by atoms with Gasteiger partial charge in [0.15, 0.2) is 0 Å². The molecule has 3 nitrogen and oxygen atoms in total. The van der Waals surface area contributed by atoms with Gasteiger partial charge in [-0.15, -0.1) is 0 Å². The van der Waals surface area contributed by atoms with Gasteiger partial charge in [0, 0.05) is 24.9 Å². The van der Waals surface area contributed by atoms with Crippen molar-refractivity contribution in [1.82, 2.24) is 0 Å². The molecule has 90 valence electrons. The Kier molecular flexibility index (Phi) is 4.62. The summed E-state index contributed by atoms with van der Waals surface area (Å²) in [6, 6.07) is 6.28. The number of anilines is 1. The van der Waals surface area contributed by atoms with Gasteiger partial charge in [-0.05, 0) is 32.4 Å². The van der Waals surface area contributed by atoms with E-state index in [1.807, 2.05) is 25.1 Å². The van der Waals surface area contributed by atoms with Crippen molar-refractivity contribution in [2.75, 3.05) is 19.5 Å². The second-order valence-corrected chi connectivity index (χ2v) is 4.05. The van der Waals surface area contributed by atoms with E-state index in [-0.39, 0.29) is 12.1 Å². The predicted molar refractivity (Wildman–Crippen MR) is 67.3 cm³/mol. The molecule has 0 heterocycles. The van der Waals surface area contributed by atoms with E-state index in [1.54, 1.807) is 14.2 Å². The van der Waals surface area contributed by atoms with Gasteiger partial charge in [0.25, 0.3) is 0 Å². The highest BCUT2D eigenvalue weighted by Crippen LogP contribution is 2.22. The van der Waals surface area contributed by atoms with Crippen LogP contribution in [0, 0.1) is 6.92 Å². The van der Waals surface area contributed by atoms with Crippen LogP contribution in [0.25, 0.3) is 0 Å². The standard InChI is InChI=1S/C13H21NO2/c1-9-6-7-12(16-5)8-13(9)14-10(2)11(3)15-4/h6-8,10-11,14H,1-5H3. The van der Waals surface area contributed by atoms with Crippen LogP contribution in [-0.2, 0) is 4.74 Å². The topological polar surface area (TPSA) is 30.5 Å². The molecular weight excluding hydrogens is 202 g/mol. The lowest BCUT2D eigenvalue weighted by molar-refractivity contribution is 0.106. The second kappa shape index (κ2) is 5.75. The normalized spacial score (nSPS) is 14.3. The highest BCUT2D eigenvalue weighted by atomic mass is 16.5. The quantitative estimate of drug-likeness (QED) is 0.832. The summed E-state index contributed by atoms with van der Waals surface area (Å²) >= 11 is 0. The minimum absolute atomic E-state index is 0.172. The molecule has 2 unspecified atom stereocenters. The molecule has 1 N–H and O–H groups in total. The van der Waals surface area contributed by atoms with Crippen molar-refractivity contribution in [1.29, 1.82) is 0 Å². The summed E-state index contributed by atoms with van der Waals surface area (Å²) in [4.78, 5) is 0. The van der Waals surface area contributed by atoms with Crippen LogP contribution in [0.3, 0.4) is 0 Å². The van der Waals surface area contributed by atoms with E-state index < -0.39 is 0 Å². The third kappa shape index (κ3) is 3.14. The van der Waals surface area contributed by atoms with Crippen LogP contribution in [0.4, 0.5) is 5.69 Å². The molecule has 0 fully saturated rings. The summed E-state index contributed by atoms with van der Waals surface area (Å²) < 4.78 is 10.5. The Bertz CT molecular complexity index is 339. The van der Waals surface area contributed by atoms with Gasteiger partial charge in [0.05, 0.1) is 13.2 Å². The first-order valence-electron chi connectivity index (χ1n) is 5.52. The molecule has 3 heteroatoms. The fourth-order valence-electron chi connectivity index (χ4n) is 1.45. The number of rotatable bonds is 5. The van der Waals surface area contributed by atoms with Gasteiger partial charge in [-0.3, -0.25) is 0 Å². The molecule has 1 aromatic carbocycles. The van der Waals surface area contributed by atoms with Crippen LogP contribution in [0.15, 0.2) is 18.2 Å². The van der Waals surface area contributed by atoms with Gasteiger partial charge in [0.1, 0.15) is 5.75 Å². The van der Waals surface area contributed by atoms with E-state index in [1.165, 1.54) is 5.56 Å². The van der Waals surface area contributed by atoms with E-state index in [0.717, 1.165) is 11.4 Å². The average molecular weight is 223 g/mol. The Morgan fingerprint density at radius 3 is 2.44 bits per heavy atom. The molecule has 16 heavy (non-hydrogen) atoms. The highest BCUT2D eigenvalue weighted by molar-refractivity contribution is 5.55. The molecule has 0 spiro atoms. The minimum atomic E-state index is 0.172. The number of hydrogen-bond donors (Lipinski definition) is 1. The van der Waals surface area contributed by atoms with Crippen LogP contribution >= 0.6 is 0 Å². The lowest BCUT2D eigenvalue weighted by Gasteiger charge is -2.22. The summed E-state index contributed by atoms with van der Waals surface area (Å²) in [7, 11) is 3.40. The summed E-state index contributed by atoms with van der Waals surface area (Å²) in [5.74, 6) is 0.866. The average Bonchev–Trinajstić information content (AvgIpc) is 2.30. The Morgan fingerprint density at radius 1 is 1.19 bits per heavy atom. The lowest BCUT2D eigenvalue weighted by atomic mass is 10.1. The van der Waals surface area contributed by atoms with Gasteiger partial charge >= 0.3 is 0 Å². The van der Waals surface area contributed by atoms with Crippen molar-refractivity contribution >= 4 is 5.69 Å². The zero-order chi connectivity index (χ0) is 12.1. The summed E-state index contributed by atoms with van der Waals surface area (Å²) in [5.41, 5.74) is 2.30. The smallest absolute Gasteiger partial charge is 0.120 e. The van der Waals surface area contributed by atoms with Gasteiger partial charge in [-0.2, -0.15) is 0 Å². The summed E-state index contributed by atoms with van der Waals surface area (Å²) in [5, 5.41) is 3.43. The predicted octanol–water partition coefficient (Wildman–Crippen LogP) is 2.84. The van der Waals surface area contributed by atoms with Gasteiger partial charge < -0.3 is 14.8 Å². The zero-order valence-electron chi connectivity index (χ0n) is 10.7. The van der Waals surface area contributed by atoms with Crippen LogP contribution in [0.2, 0.25) is 0 Å². The Labute approximate surface area is 97.8 Å².